The maximum atomic E-state index is 11.8. The van der Waals surface area contributed by atoms with Crippen molar-refractivity contribution in [1.29, 1.82) is 0 Å². The lowest BCUT2D eigenvalue weighted by molar-refractivity contribution is 0.0383. The number of nitrogens with one attached hydrogen (secondary N) is 3. The summed E-state index contributed by atoms with van der Waals surface area (Å²) in [6.07, 6.45) is 1.77. The molecule has 1 aromatic heterocycles. The fraction of sp³-hybridized carbons (Fsp3) is 0.583. The van der Waals surface area contributed by atoms with E-state index in [1.807, 2.05) is 7.05 Å². The molecule has 6 nitrogen and oxygen atoms in total. The number of carbonyl (C=O) groups excluding carboxylic acids is 1. The van der Waals surface area contributed by atoms with Crippen LogP contribution in [0.5, 0.6) is 0 Å². The molecule has 0 bridgehead atoms. The van der Waals surface area contributed by atoms with Gasteiger partial charge in [-0.25, -0.2) is 0 Å². The number of H-pyrrole nitrogens is 1. The predicted molar refractivity (Wildman–Crippen MR) is 69.9 cm³/mol. The fourth-order valence-electron chi connectivity index (χ4n) is 1.92. The van der Waals surface area contributed by atoms with E-state index < -0.39 is 0 Å². The van der Waals surface area contributed by atoms with Gasteiger partial charge in [0.2, 0.25) is 0 Å². The highest BCUT2D eigenvalue weighted by Crippen LogP contribution is 2.07. The first-order valence-electron chi connectivity index (χ1n) is 6.24. The molecule has 2 heterocycles. The number of nitrogens with zero attached hydrogens (tertiary/aromatic N) is 1. The third-order valence-corrected chi connectivity index (χ3v) is 3.03. The number of ether oxygens (including phenoxy) is 1. The van der Waals surface area contributed by atoms with Gasteiger partial charge >= 0.3 is 0 Å². The molecule has 0 radical (unpaired) electrons. The van der Waals surface area contributed by atoms with Crippen molar-refractivity contribution in [2.45, 2.75) is 0 Å². The lowest BCUT2D eigenvalue weighted by Crippen LogP contribution is -2.41. The van der Waals surface area contributed by atoms with Gasteiger partial charge in [0.25, 0.3) is 5.91 Å². The summed E-state index contributed by atoms with van der Waals surface area (Å²) in [5.74, 6) is -0.0650. The van der Waals surface area contributed by atoms with Crippen molar-refractivity contribution in [3.63, 3.8) is 0 Å². The van der Waals surface area contributed by atoms with Gasteiger partial charge in [0.1, 0.15) is 5.69 Å². The number of carbonyl (C=O) groups is 1. The molecule has 1 aromatic rings. The van der Waals surface area contributed by atoms with Crippen LogP contribution in [0, 0.1) is 0 Å². The zero-order valence-electron chi connectivity index (χ0n) is 10.7. The summed E-state index contributed by atoms with van der Waals surface area (Å²) in [6, 6.07) is 1.80. The molecule has 1 aliphatic rings. The molecule has 0 saturated carbocycles. The molecule has 0 atom stereocenters. The van der Waals surface area contributed by atoms with Crippen LogP contribution in [-0.4, -0.2) is 62.2 Å². The summed E-state index contributed by atoms with van der Waals surface area (Å²) < 4.78 is 5.27. The average Bonchev–Trinajstić information content (AvgIpc) is 2.89. The molecular formula is C12H20N4O2. The van der Waals surface area contributed by atoms with E-state index in [2.05, 4.69) is 20.5 Å². The van der Waals surface area contributed by atoms with Crippen molar-refractivity contribution in [3.8, 4) is 0 Å². The highest BCUT2D eigenvalue weighted by molar-refractivity contribution is 5.93. The van der Waals surface area contributed by atoms with Gasteiger partial charge in [-0.3, -0.25) is 9.69 Å². The van der Waals surface area contributed by atoms with E-state index in [1.165, 1.54) is 0 Å². The van der Waals surface area contributed by atoms with Gasteiger partial charge in [-0.05, 0) is 6.07 Å². The van der Waals surface area contributed by atoms with Crippen molar-refractivity contribution < 1.29 is 9.53 Å². The number of hydrogen-bond acceptors (Lipinski definition) is 4. The zero-order chi connectivity index (χ0) is 12.8. The van der Waals surface area contributed by atoms with E-state index in [-0.39, 0.29) is 5.91 Å². The van der Waals surface area contributed by atoms with Crippen molar-refractivity contribution >= 4 is 11.6 Å². The van der Waals surface area contributed by atoms with E-state index in [1.54, 1.807) is 12.3 Å². The number of anilines is 1. The van der Waals surface area contributed by atoms with Crippen molar-refractivity contribution in [2.75, 3.05) is 51.8 Å². The van der Waals surface area contributed by atoms with Crippen LogP contribution in [0.1, 0.15) is 10.5 Å². The van der Waals surface area contributed by atoms with Gasteiger partial charge in [-0.15, -0.1) is 0 Å². The third-order valence-electron chi connectivity index (χ3n) is 3.03. The standard InChI is InChI=1S/C12H20N4O2/c1-13-10-8-11(15-9-10)12(17)14-2-3-16-4-6-18-7-5-16/h8-9,13,15H,2-7H2,1H3,(H,14,17). The summed E-state index contributed by atoms with van der Waals surface area (Å²) in [4.78, 5) is 17.0. The lowest BCUT2D eigenvalue weighted by atomic mass is 10.3. The summed E-state index contributed by atoms with van der Waals surface area (Å²) in [5.41, 5.74) is 1.50. The highest BCUT2D eigenvalue weighted by atomic mass is 16.5. The van der Waals surface area contributed by atoms with Gasteiger partial charge in [0.05, 0.1) is 18.9 Å². The Morgan fingerprint density at radius 2 is 2.28 bits per heavy atom. The SMILES string of the molecule is CNc1c[nH]c(C(=O)NCCN2CCOCC2)c1. The van der Waals surface area contributed by atoms with Gasteiger partial charge in [0.15, 0.2) is 0 Å². The van der Waals surface area contributed by atoms with Crippen LogP contribution < -0.4 is 10.6 Å². The molecule has 18 heavy (non-hydrogen) atoms. The summed E-state index contributed by atoms with van der Waals surface area (Å²) in [7, 11) is 1.82. The molecule has 1 fully saturated rings. The minimum absolute atomic E-state index is 0.0650. The average molecular weight is 252 g/mol. The summed E-state index contributed by atoms with van der Waals surface area (Å²) in [5, 5.41) is 5.88. The fourth-order valence-corrected chi connectivity index (χ4v) is 1.92. The quantitative estimate of drug-likeness (QED) is 0.696. The number of amides is 1. The van der Waals surface area contributed by atoms with E-state index >= 15 is 0 Å². The Bertz CT molecular complexity index is 385. The normalized spacial score (nSPS) is 16.5. The molecule has 0 aliphatic carbocycles. The number of aromatic nitrogens is 1. The van der Waals surface area contributed by atoms with Crippen LogP contribution in [-0.2, 0) is 4.74 Å². The highest BCUT2D eigenvalue weighted by Gasteiger charge is 2.11. The van der Waals surface area contributed by atoms with Crippen LogP contribution in [0.4, 0.5) is 5.69 Å². The number of morpholine rings is 1. The topological polar surface area (TPSA) is 69.4 Å². The van der Waals surface area contributed by atoms with Crippen molar-refractivity contribution in [3.05, 3.63) is 18.0 Å². The predicted octanol–water partition coefficient (Wildman–Crippen LogP) is 0.118. The van der Waals surface area contributed by atoms with Crippen LogP contribution in [0.2, 0.25) is 0 Å². The number of aromatic amines is 1. The molecule has 6 heteroatoms. The molecule has 0 aromatic carbocycles. The van der Waals surface area contributed by atoms with Gasteiger partial charge in [-0.2, -0.15) is 0 Å². The number of rotatable bonds is 5. The Morgan fingerprint density at radius 1 is 1.50 bits per heavy atom. The largest absolute Gasteiger partial charge is 0.387 e. The first-order chi connectivity index (χ1) is 8.79. The van der Waals surface area contributed by atoms with E-state index in [4.69, 9.17) is 4.74 Å². The monoisotopic (exact) mass is 252 g/mol. The van der Waals surface area contributed by atoms with E-state index in [0.717, 1.165) is 38.5 Å². The Kier molecular flexibility index (Phi) is 4.60. The smallest absolute Gasteiger partial charge is 0.267 e. The Balaban J connectivity index is 1.70. The molecule has 100 valence electrons. The second-order valence-corrected chi connectivity index (χ2v) is 4.26. The van der Waals surface area contributed by atoms with Crippen LogP contribution in [0.15, 0.2) is 12.3 Å². The van der Waals surface area contributed by atoms with Gasteiger partial charge < -0.3 is 20.4 Å². The van der Waals surface area contributed by atoms with Crippen LogP contribution in [0.25, 0.3) is 0 Å². The van der Waals surface area contributed by atoms with Crippen molar-refractivity contribution in [1.82, 2.24) is 15.2 Å². The zero-order valence-corrected chi connectivity index (χ0v) is 10.7. The minimum Gasteiger partial charge on any atom is -0.387 e. The van der Waals surface area contributed by atoms with E-state index in [9.17, 15) is 4.79 Å². The molecular weight excluding hydrogens is 232 g/mol. The van der Waals surface area contributed by atoms with Crippen molar-refractivity contribution in [2.24, 2.45) is 0 Å². The van der Waals surface area contributed by atoms with Gasteiger partial charge in [-0.1, -0.05) is 0 Å². The Hall–Kier alpha value is -1.53. The third kappa shape index (κ3) is 3.48. The van der Waals surface area contributed by atoms with E-state index in [0.29, 0.717) is 12.2 Å². The Labute approximate surface area is 107 Å². The maximum Gasteiger partial charge on any atom is 0.267 e. The molecule has 1 aliphatic heterocycles. The molecule has 3 N–H and O–H groups in total. The maximum absolute atomic E-state index is 11.8. The molecule has 1 amide bonds. The second kappa shape index (κ2) is 6.42. The molecule has 1 saturated heterocycles. The second-order valence-electron chi connectivity index (χ2n) is 4.26. The molecule has 0 spiro atoms. The first kappa shape index (κ1) is 12.9. The number of hydrogen-bond donors (Lipinski definition) is 3. The summed E-state index contributed by atoms with van der Waals surface area (Å²) in [6.45, 7) is 5.00. The lowest BCUT2D eigenvalue weighted by Gasteiger charge is -2.26. The minimum atomic E-state index is -0.0650. The Morgan fingerprint density at radius 3 is 2.94 bits per heavy atom. The first-order valence-corrected chi connectivity index (χ1v) is 6.24. The van der Waals surface area contributed by atoms with Gasteiger partial charge in [0, 0.05) is 39.4 Å². The molecule has 0 unspecified atom stereocenters. The van der Waals surface area contributed by atoms with Crippen LogP contribution in [0.3, 0.4) is 0 Å². The summed E-state index contributed by atoms with van der Waals surface area (Å²) >= 11 is 0. The van der Waals surface area contributed by atoms with Crippen LogP contribution >= 0.6 is 0 Å². The molecule has 2 rings (SSSR count).